The van der Waals surface area contributed by atoms with Crippen LogP contribution in [-0.2, 0) is 24.0 Å². The van der Waals surface area contributed by atoms with Crippen LogP contribution < -0.4 is 16.1 Å². The second kappa shape index (κ2) is 14.1. The van der Waals surface area contributed by atoms with E-state index in [0.29, 0.717) is 30.6 Å². The first kappa shape index (κ1) is 34.7. The van der Waals surface area contributed by atoms with Gasteiger partial charge in [-0.05, 0) is 70.1 Å². The molecule has 1 aliphatic carbocycles. The van der Waals surface area contributed by atoms with E-state index >= 15 is 0 Å². The molecule has 1 aromatic heterocycles. The molecule has 46 heavy (non-hydrogen) atoms. The number of carbonyl (C=O) groups excluding carboxylic acids is 4. The molecule has 1 saturated carbocycles. The first-order valence-electron chi connectivity index (χ1n) is 15.9. The van der Waals surface area contributed by atoms with E-state index in [1.807, 2.05) is 37.3 Å². The second-order valence-corrected chi connectivity index (χ2v) is 13.2. The van der Waals surface area contributed by atoms with Gasteiger partial charge in [-0.1, -0.05) is 44.2 Å². The minimum Gasteiger partial charge on any atom is -0.481 e. The number of aliphatic carboxylic acids is 1. The van der Waals surface area contributed by atoms with Crippen molar-refractivity contribution in [2.45, 2.75) is 96.9 Å². The summed E-state index contributed by atoms with van der Waals surface area (Å²) in [7, 11) is 0. The molecule has 0 spiro atoms. The van der Waals surface area contributed by atoms with Crippen molar-refractivity contribution in [1.82, 2.24) is 26.1 Å². The Labute approximate surface area is 269 Å². The third kappa shape index (κ3) is 7.79. The van der Waals surface area contributed by atoms with Gasteiger partial charge in [0.15, 0.2) is 0 Å². The second-order valence-electron chi connectivity index (χ2n) is 13.2. The average molecular weight is 636 g/mol. The predicted octanol–water partition coefficient (Wildman–Crippen LogP) is 3.05. The van der Waals surface area contributed by atoms with Crippen LogP contribution in [0, 0.1) is 11.3 Å². The minimum atomic E-state index is -1.23. The first-order chi connectivity index (χ1) is 21.6. The van der Waals surface area contributed by atoms with E-state index in [2.05, 4.69) is 16.1 Å². The van der Waals surface area contributed by atoms with Gasteiger partial charge in [0.1, 0.15) is 23.5 Å². The van der Waals surface area contributed by atoms with Crippen molar-refractivity contribution in [2.75, 3.05) is 6.54 Å². The Morgan fingerprint density at radius 1 is 1.02 bits per heavy atom. The number of carboxylic acid groups (broad SMARTS) is 1. The van der Waals surface area contributed by atoms with Gasteiger partial charge in [0, 0.05) is 24.8 Å². The van der Waals surface area contributed by atoms with Crippen molar-refractivity contribution in [3.05, 3.63) is 47.7 Å². The van der Waals surface area contributed by atoms with Crippen LogP contribution in [0.4, 0.5) is 0 Å². The standard InChI is InChI=1S/C34H45N5O7/c1-20(2)28(41)29(42)35-22(4)30(43)39-18-6-14-33(5,38-39)31(44)36-21(3)26-10-9-24-8-7-23(19-27(24)37-26)11-15-34(32(45)46)16-12-25(40)13-17-34/h7-11,15,19-22,28,38,41H,6,12-14,16-18H2,1-5H3,(H,35,42)(H,36,44)(H,45,46)/b15-11+/t21-,22+,28+,33?/m1/s1. The molecular weight excluding hydrogens is 590 g/mol. The number of aliphatic hydroxyl groups excluding tert-OH is 1. The maximum Gasteiger partial charge on any atom is 0.313 e. The number of aromatic nitrogens is 1. The third-order valence-corrected chi connectivity index (χ3v) is 9.09. The summed E-state index contributed by atoms with van der Waals surface area (Å²) in [4.78, 5) is 67.4. The number of hydrogen-bond donors (Lipinski definition) is 5. The minimum absolute atomic E-state index is 0.0895. The van der Waals surface area contributed by atoms with Crippen molar-refractivity contribution >= 4 is 46.5 Å². The van der Waals surface area contributed by atoms with Gasteiger partial charge in [-0.25, -0.2) is 5.43 Å². The third-order valence-electron chi connectivity index (χ3n) is 9.09. The van der Waals surface area contributed by atoms with Crippen LogP contribution in [-0.4, -0.2) is 73.9 Å². The molecule has 2 heterocycles. The number of aliphatic hydroxyl groups is 1. The van der Waals surface area contributed by atoms with Crippen molar-refractivity contribution in [3.8, 4) is 0 Å². The highest BCUT2D eigenvalue weighted by molar-refractivity contribution is 5.91. The largest absolute Gasteiger partial charge is 0.481 e. The first-order valence-corrected chi connectivity index (χ1v) is 15.9. The molecule has 2 fully saturated rings. The van der Waals surface area contributed by atoms with Crippen LogP contribution in [0.3, 0.4) is 0 Å². The quantitative estimate of drug-likeness (QED) is 0.262. The lowest BCUT2D eigenvalue weighted by atomic mass is 9.73. The van der Waals surface area contributed by atoms with E-state index in [4.69, 9.17) is 4.98 Å². The highest BCUT2D eigenvalue weighted by atomic mass is 16.4. The molecule has 248 valence electrons. The summed E-state index contributed by atoms with van der Waals surface area (Å²) in [6.07, 6.45) is 4.35. The molecule has 4 atom stereocenters. The number of pyridine rings is 1. The number of fused-ring (bicyclic) bond motifs is 1. The lowest BCUT2D eigenvalue weighted by Gasteiger charge is -2.41. The number of ketones is 1. The molecule has 0 bridgehead atoms. The lowest BCUT2D eigenvalue weighted by Crippen LogP contribution is -2.67. The monoisotopic (exact) mass is 635 g/mol. The van der Waals surface area contributed by atoms with Gasteiger partial charge in [-0.3, -0.25) is 34.0 Å². The van der Waals surface area contributed by atoms with E-state index in [-0.39, 0.29) is 43.3 Å². The maximum atomic E-state index is 13.5. The SMILES string of the molecule is CC(C)[C@H](O)C(=O)N[C@@H](C)C(=O)N1CCCC(C)(C(=O)N[C@H](C)c2ccc3ccc(/C=C/C4(C(=O)O)CCC(=O)CC4)cc3n2)N1. The lowest BCUT2D eigenvalue weighted by molar-refractivity contribution is -0.149. The van der Waals surface area contributed by atoms with Gasteiger partial charge in [0.25, 0.3) is 5.91 Å². The zero-order chi connectivity index (χ0) is 33.8. The van der Waals surface area contributed by atoms with Crippen LogP contribution in [0.25, 0.3) is 17.0 Å². The number of rotatable bonds is 10. The number of Topliss-reactive ketones (excluding diaryl/α,β-unsaturated/α-hetero) is 1. The normalized spacial score (nSPS) is 22.0. The fourth-order valence-electron chi connectivity index (χ4n) is 5.83. The molecule has 1 unspecified atom stereocenters. The van der Waals surface area contributed by atoms with E-state index in [9.17, 15) is 34.2 Å². The summed E-state index contributed by atoms with van der Waals surface area (Å²) >= 11 is 0. The smallest absolute Gasteiger partial charge is 0.313 e. The van der Waals surface area contributed by atoms with Crippen LogP contribution in [0.1, 0.15) is 90.4 Å². The van der Waals surface area contributed by atoms with Gasteiger partial charge >= 0.3 is 5.97 Å². The van der Waals surface area contributed by atoms with Crippen molar-refractivity contribution in [3.63, 3.8) is 0 Å². The maximum absolute atomic E-state index is 13.5. The van der Waals surface area contributed by atoms with E-state index < -0.39 is 46.9 Å². The zero-order valence-electron chi connectivity index (χ0n) is 27.1. The molecule has 1 saturated heterocycles. The summed E-state index contributed by atoms with van der Waals surface area (Å²) in [5.74, 6) is -2.49. The predicted molar refractivity (Wildman–Crippen MR) is 172 cm³/mol. The molecule has 1 aliphatic heterocycles. The zero-order valence-corrected chi connectivity index (χ0v) is 27.1. The number of carbonyl (C=O) groups is 5. The van der Waals surface area contributed by atoms with Gasteiger partial charge in [0.2, 0.25) is 11.8 Å². The topological polar surface area (TPSA) is 178 Å². The number of nitrogens with one attached hydrogen (secondary N) is 3. The van der Waals surface area contributed by atoms with Crippen LogP contribution in [0.15, 0.2) is 36.4 Å². The molecule has 1 aromatic carbocycles. The van der Waals surface area contributed by atoms with Gasteiger partial charge in [-0.15, -0.1) is 0 Å². The number of benzene rings is 1. The number of nitrogens with zero attached hydrogens (tertiary/aromatic N) is 2. The van der Waals surface area contributed by atoms with E-state index in [1.165, 1.54) is 11.9 Å². The Morgan fingerprint density at radius 2 is 1.70 bits per heavy atom. The molecule has 2 aromatic rings. The number of carboxylic acids is 1. The molecule has 3 amide bonds. The van der Waals surface area contributed by atoms with E-state index in [1.54, 1.807) is 32.9 Å². The van der Waals surface area contributed by atoms with Crippen LogP contribution in [0.5, 0.6) is 0 Å². The highest BCUT2D eigenvalue weighted by Crippen LogP contribution is 2.37. The Bertz CT molecular complexity index is 1530. The molecule has 12 nitrogen and oxygen atoms in total. The Kier molecular flexibility index (Phi) is 10.6. The summed E-state index contributed by atoms with van der Waals surface area (Å²) in [6, 6.07) is 8.03. The fraction of sp³-hybridized carbons (Fsp3) is 0.529. The number of amides is 3. The van der Waals surface area contributed by atoms with E-state index in [0.717, 1.165) is 10.9 Å². The summed E-state index contributed by atoms with van der Waals surface area (Å²) in [5.41, 5.74) is 2.98. The average Bonchev–Trinajstić information content (AvgIpc) is 3.03. The summed E-state index contributed by atoms with van der Waals surface area (Å²) in [6.45, 7) is 8.86. The van der Waals surface area contributed by atoms with Crippen LogP contribution in [0.2, 0.25) is 0 Å². The number of hydrogen-bond acceptors (Lipinski definition) is 8. The Balaban J connectivity index is 1.43. The van der Waals surface area contributed by atoms with Gasteiger partial charge in [0.05, 0.1) is 22.7 Å². The summed E-state index contributed by atoms with van der Waals surface area (Å²) in [5, 5.41) is 27.7. The molecule has 12 heteroatoms. The summed E-state index contributed by atoms with van der Waals surface area (Å²) < 4.78 is 0. The van der Waals surface area contributed by atoms with Crippen molar-refractivity contribution in [1.29, 1.82) is 0 Å². The van der Waals surface area contributed by atoms with Crippen molar-refractivity contribution in [2.24, 2.45) is 11.3 Å². The fourth-order valence-corrected chi connectivity index (χ4v) is 5.83. The molecular formula is C34H45N5O7. The Hall–Kier alpha value is -4.16. The van der Waals surface area contributed by atoms with Gasteiger partial charge in [-0.2, -0.15) is 0 Å². The molecule has 2 aliphatic rings. The molecule has 4 rings (SSSR count). The van der Waals surface area contributed by atoms with Crippen molar-refractivity contribution < 1.29 is 34.2 Å². The van der Waals surface area contributed by atoms with Gasteiger partial charge < -0.3 is 20.8 Å². The molecule has 0 radical (unpaired) electrons. The molecule has 5 N–H and O–H groups in total. The van der Waals surface area contributed by atoms with Crippen LogP contribution >= 0.6 is 0 Å². The highest BCUT2D eigenvalue weighted by Gasteiger charge is 2.41. The number of hydrazine groups is 1. The Morgan fingerprint density at radius 3 is 2.35 bits per heavy atom.